The molecule has 78 valence electrons. The normalized spacial score (nSPS) is 22.2. The summed E-state index contributed by atoms with van der Waals surface area (Å²) in [5.74, 6) is 0. The van der Waals surface area contributed by atoms with Gasteiger partial charge >= 0.3 is 0 Å². The smallest absolute Gasteiger partial charge is 0.0153 e. The Kier molecular flexibility index (Phi) is 3.36. The van der Waals surface area contributed by atoms with Gasteiger partial charge in [0, 0.05) is 12.1 Å². The third-order valence-electron chi connectivity index (χ3n) is 3.25. The average molecular weight is 184 g/mol. The molecule has 13 heavy (non-hydrogen) atoms. The average Bonchev–Trinajstić information content (AvgIpc) is 2.50. The van der Waals surface area contributed by atoms with Crippen LogP contribution in [-0.4, -0.2) is 18.6 Å². The first-order valence-corrected chi connectivity index (χ1v) is 5.43. The maximum atomic E-state index is 5.69. The Hall–Kier alpha value is -0.0800. The molecule has 2 nitrogen and oxygen atoms in total. The highest BCUT2D eigenvalue weighted by Gasteiger charge is 2.29. The van der Waals surface area contributed by atoms with Gasteiger partial charge in [-0.15, -0.1) is 0 Å². The fourth-order valence-corrected chi connectivity index (χ4v) is 1.86. The first kappa shape index (κ1) is 11.0. The van der Waals surface area contributed by atoms with Crippen molar-refractivity contribution in [1.29, 1.82) is 0 Å². The maximum absolute atomic E-state index is 5.69. The highest BCUT2D eigenvalue weighted by Crippen LogP contribution is 2.29. The van der Waals surface area contributed by atoms with Crippen LogP contribution in [0.4, 0.5) is 0 Å². The Labute approximate surface area is 82.3 Å². The van der Waals surface area contributed by atoms with E-state index < -0.39 is 0 Å². The van der Waals surface area contributed by atoms with Crippen LogP contribution < -0.4 is 11.1 Å². The zero-order valence-electron chi connectivity index (χ0n) is 9.32. The van der Waals surface area contributed by atoms with Crippen molar-refractivity contribution >= 4 is 0 Å². The summed E-state index contributed by atoms with van der Waals surface area (Å²) in [6.45, 7) is 8.58. The lowest BCUT2D eigenvalue weighted by atomic mass is 9.91. The van der Waals surface area contributed by atoms with Crippen LogP contribution in [0.5, 0.6) is 0 Å². The molecule has 0 atom stereocenters. The fourth-order valence-electron chi connectivity index (χ4n) is 1.86. The zero-order chi connectivity index (χ0) is 9.95. The van der Waals surface area contributed by atoms with E-state index in [4.69, 9.17) is 5.73 Å². The quantitative estimate of drug-likeness (QED) is 0.700. The summed E-state index contributed by atoms with van der Waals surface area (Å²) < 4.78 is 0. The highest BCUT2D eigenvalue weighted by atomic mass is 15.0. The van der Waals surface area contributed by atoms with Crippen molar-refractivity contribution in [3.8, 4) is 0 Å². The van der Waals surface area contributed by atoms with Gasteiger partial charge in [-0.2, -0.15) is 0 Å². The lowest BCUT2D eigenvalue weighted by molar-refractivity contribution is 0.275. The number of nitrogens with one attached hydrogen (secondary N) is 1. The van der Waals surface area contributed by atoms with Gasteiger partial charge in [0.15, 0.2) is 0 Å². The molecule has 0 unspecified atom stereocenters. The van der Waals surface area contributed by atoms with Crippen LogP contribution in [0, 0.1) is 5.41 Å². The van der Waals surface area contributed by atoms with Crippen LogP contribution in [-0.2, 0) is 0 Å². The van der Waals surface area contributed by atoms with Gasteiger partial charge in [0.05, 0.1) is 0 Å². The topological polar surface area (TPSA) is 38.0 Å². The van der Waals surface area contributed by atoms with Crippen molar-refractivity contribution in [3.63, 3.8) is 0 Å². The van der Waals surface area contributed by atoms with Gasteiger partial charge in [0.2, 0.25) is 0 Å². The molecule has 0 heterocycles. The van der Waals surface area contributed by atoms with Gasteiger partial charge in [0.1, 0.15) is 0 Å². The summed E-state index contributed by atoms with van der Waals surface area (Å²) in [7, 11) is 0. The Morgan fingerprint density at radius 2 is 1.85 bits per heavy atom. The van der Waals surface area contributed by atoms with Gasteiger partial charge in [-0.1, -0.05) is 26.7 Å². The summed E-state index contributed by atoms with van der Waals surface area (Å²) in [5.41, 5.74) is 6.33. The summed E-state index contributed by atoms with van der Waals surface area (Å²) >= 11 is 0. The first-order chi connectivity index (χ1) is 5.97. The number of nitrogens with two attached hydrogens (primary N) is 1. The monoisotopic (exact) mass is 184 g/mol. The maximum Gasteiger partial charge on any atom is 0.0153 e. The van der Waals surface area contributed by atoms with Crippen molar-refractivity contribution in [1.82, 2.24) is 5.32 Å². The first-order valence-electron chi connectivity index (χ1n) is 5.43. The molecule has 0 aromatic heterocycles. The Balaban J connectivity index is 2.32. The highest BCUT2D eigenvalue weighted by molar-refractivity contribution is 4.90. The van der Waals surface area contributed by atoms with E-state index in [-0.39, 0.29) is 5.41 Å². The molecule has 1 aliphatic carbocycles. The lowest BCUT2D eigenvalue weighted by Crippen LogP contribution is -2.46. The molecular formula is C11H24N2. The minimum absolute atomic E-state index is 0.242. The summed E-state index contributed by atoms with van der Waals surface area (Å²) in [6, 6.07) is 0. The third kappa shape index (κ3) is 3.28. The van der Waals surface area contributed by atoms with Crippen LogP contribution in [0.3, 0.4) is 0 Å². The molecule has 2 heteroatoms. The van der Waals surface area contributed by atoms with Gasteiger partial charge in [0.25, 0.3) is 0 Å². The van der Waals surface area contributed by atoms with Crippen LogP contribution in [0.1, 0.15) is 46.5 Å². The molecular weight excluding hydrogens is 160 g/mol. The molecule has 1 aliphatic rings. The van der Waals surface area contributed by atoms with Crippen molar-refractivity contribution in [2.75, 3.05) is 13.1 Å². The predicted molar refractivity (Wildman–Crippen MR) is 57.7 cm³/mol. The minimum Gasteiger partial charge on any atom is -0.330 e. The largest absolute Gasteiger partial charge is 0.330 e. The predicted octanol–water partition coefficient (Wildman–Crippen LogP) is 1.89. The molecule has 3 N–H and O–H groups in total. The molecule has 0 bridgehead atoms. The number of hydrogen-bond acceptors (Lipinski definition) is 2. The standard InChI is InChI=1S/C11H24N2/c1-10(2,8-12)9-13-11(3)6-4-5-7-11/h13H,4-9,12H2,1-3H3. The van der Waals surface area contributed by atoms with E-state index in [1.165, 1.54) is 25.7 Å². The Morgan fingerprint density at radius 1 is 1.31 bits per heavy atom. The minimum atomic E-state index is 0.242. The molecule has 0 amide bonds. The molecule has 0 saturated heterocycles. The summed E-state index contributed by atoms with van der Waals surface area (Å²) in [6.07, 6.45) is 5.42. The second-order valence-electron chi connectivity index (χ2n) is 5.49. The molecule has 0 aromatic rings. The van der Waals surface area contributed by atoms with Crippen LogP contribution >= 0.6 is 0 Å². The number of hydrogen-bond donors (Lipinski definition) is 2. The van der Waals surface area contributed by atoms with Gasteiger partial charge in [-0.05, 0) is 31.7 Å². The number of rotatable bonds is 4. The van der Waals surface area contributed by atoms with E-state index in [9.17, 15) is 0 Å². The van der Waals surface area contributed by atoms with E-state index in [2.05, 4.69) is 26.1 Å². The molecule has 0 aromatic carbocycles. The van der Waals surface area contributed by atoms with Crippen molar-refractivity contribution in [2.24, 2.45) is 11.1 Å². The zero-order valence-corrected chi connectivity index (χ0v) is 9.32. The van der Waals surface area contributed by atoms with E-state index in [0.717, 1.165) is 13.1 Å². The van der Waals surface area contributed by atoms with E-state index in [0.29, 0.717) is 5.54 Å². The Morgan fingerprint density at radius 3 is 2.31 bits per heavy atom. The van der Waals surface area contributed by atoms with E-state index in [1.807, 2.05) is 0 Å². The summed E-state index contributed by atoms with van der Waals surface area (Å²) in [4.78, 5) is 0. The van der Waals surface area contributed by atoms with E-state index >= 15 is 0 Å². The van der Waals surface area contributed by atoms with Crippen molar-refractivity contribution in [3.05, 3.63) is 0 Å². The molecule has 0 radical (unpaired) electrons. The van der Waals surface area contributed by atoms with Crippen LogP contribution in [0.2, 0.25) is 0 Å². The van der Waals surface area contributed by atoms with E-state index in [1.54, 1.807) is 0 Å². The summed E-state index contributed by atoms with van der Waals surface area (Å²) in [5, 5.41) is 3.67. The Bertz CT molecular complexity index is 157. The van der Waals surface area contributed by atoms with Crippen LogP contribution in [0.15, 0.2) is 0 Å². The molecule has 1 fully saturated rings. The van der Waals surface area contributed by atoms with Crippen LogP contribution in [0.25, 0.3) is 0 Å². The third-order valence-corrected chi connectivity index (χ3v) is 3.25. The van der Waals surface area contributed by atoms with Gasteiger partial charge in [-0.3, -0.25) is 0 Å². The second kappa shape index (κ2) is 3.97. The fraction of sp³-hybridized carbons (Fsp3) is 1.00. The van der Waals surface area contributed by atoms with Gasteiger partial charge < -0.3 is 11.1 Å². The van der Waals surface area contributed by atoms with Crippen molar-refractivity contribution < 1.29 is 0 Å². The van der Waals surface area contributed by atoms with Gasteiger partial charge in [-0.25, -0.2) is 0 Å². The molecule has 0 spiro atoms. The second-order valence-corrected chi connectivity index (χ2v) is 5.49. The lowest BCUT2D eigenvalue weighted by Gasteiger charge is -2.31. The molecule has 1 rings (SSSR count). The SMILES string of the molecule is CC(C)(CN)CNC1(C)CCCC1. The molecule has 0 aliphatic heterocycles. The van der Waals surface area contributed by atoms with Crippen molar-refractivity contribution in [2.45, 2.75) is 52.0 Å². The molecule has 1 saturated carbocycles.